The Kier molecular flexibility index (Phi) is 1.98. The Morgan fingerprint density at radius 2 is 1.88 bits per heavy atom. The van der Waals surface area contributed by atoms with E-state index in [1.807, 2.05) is 0 Å². The molecule has 1 saturated heterocycles. The Hall–Kier alpha value is -0.300. The maximum absolute atomic E-state index is 6.03. The Balaban J connectivity index is 1.86. The van der Waals surface area contributed by atoms with Crippen LogP contribution in [0, 0.1) is 11.3 Å². The fraction of sp³-hybridized carbons (Fsp3) is 0.867. The smallest absolute Gasteiger partial charge is 0.0980 e. The van der Waals surface area contributed by atoms with E-state index in [1.165, 1.54) is 44.1 Å². The standard InChI is InChI=1S/C15H24O/c1-11-6-5-7-14(4)8-9-15(10-12(11)14)13(2,3)16-15/h12H,1,5-10H2,2-4H3/t12-,14+,15+/m0/s1. The molecule has 0 radical (unpaired) electrons. The van der Waals surface area contributed by atoms with Crippen molar-refractivity contribution in [2.75, 3.05) is 0 Å². The van der Waals surface area contributed by atoms with E-state index in [0.29, 0.717) is 5.41 Å². The molecule has 0 bridgehead atoms. The predicted octanol–water partition coefficient (Wildman–Crippen LogP) is 4.08. The van der Waals surface area contributed by atoms with Gasteiger partial charge in [0.15, 0.2) is 0 Å². The molecule has 16 heavy (non-hydrogen) atoms. The lowest BCUT2D eigenvalue weighted by molar-refractivity contribution is 0.0548. The second-order valence-corrected chi connectivity index (χ2v) is 7.03. The van der Waals surface area contributed by atoms with Gasteiger partial charge in [0.25, 0.3) is 0 Å². The van der Waals surface area contributed by atoms with Crippen LogP contribution in [0.15, 0.2) is 12.2 Å². The van der Waals surface area contributed by atoms with Crippen molar-refractivity contribution in [1.82, 2.24) is 0 Å². The molecule has 0 amide bonds. The summed E-state index contributed by atoms with van der Waals surface area (Å²) in [6.45, 7) is 11.3. The molecule has 2 saturated carbocycles. The SMILES string of the molecule is C=C1CCC[C@]2(C)CC[C@]3(C[C@@H]12)OC3(C)C. The van der Waals surface area contributed by atoms with E-state index in [-0.39, 0.29) is 11.2 Å². The zero-order valence-electron chi connectivity index (χ0n) is 10.9. The molecule has 90 valence electrons. The molecule has 1 nitrogen and oxygen atoms in total. The van der Waals surface area contributed by atoms with Gasteiger partial charge in [-0.25, -0.2) is 0 Å². The van der Waals surface area contributed by atoms with Crippen LogP contribution in [0.1, 0.15) is 59.3 Å². The highest BCUT2D eigenvalue weighted by Gasteiger charge is 2.67. The average molecular weight is 220 g/mol. The maximum atomic E-state index is 6.03. The summed E-state index contributed by atoms with van der Waals surface area (Å²) < 4.78 is 6.03. The highest BCUT2D eigenvalue weighted by molar-refractivity contribution is 5.22. The maximum Gasteiger partial charge on any atom is 0.0980 e. The monoisotopic (exact) mass is 220 g/mol. The third kappa shape index (κ3) is 1.27. The Morgan fingerprint density at radius 3 is 2.50 bits per heavy atom. The summed E-state index contributed by atoms with van der Waals surface area (Å²) in [6.07, 6.45) is 7.82. The lowest BCUT2D eigenvalue weighted by Crippen LogP contribution is -2.42. The summed E-state index contributed by atoms with van der Waals surface area (Å²) in [4.78, 5) is 0. The molecule has 0 unspecified atom stereocenters. The van der Waals surface area contributed by atoms with Crippen molar-refractivity contribution in [3.8, 4) is 0 Å². The largest absolute Gasteiger partial charge is 0.363 e. The first kappa shape index (κ1) is 10.8. The van der Waals surface area contributed by atoms with Crippen LogP contribution in [-0.4, -0.2) is 11.2 Å². The van der Waals surface area contributed by atoms with E-state index in [1.54, 1.807) is 0 Å². The lowest BCUT2D eigenvalue weighted by atomic mass is 9.55. The number of fused-ring (bicyclic) bond motifs is 1. The minimum atomic E-state index is 0.131. The van der Waals surface area contributed by atoms with Crippen LogP contribution in [0.25, 0.3) is 0 Å². The van der Waals surface area contributed by atoms with Gasteiger partial charge in [-0.15, -0.1) is 0 Å². The minimum absolute atomic E-state index is 0.131. The van der Waals surface area contributed by atoms with E-state index in [4.69, 9.17) is 4.74 Å². The molecule has 3 aliphatic rings. The summed E-state index contributed by atoms with van der Waals surface area (Å²) in [5.74, 6) is 0.719. The van der Waals surface area contributed by atoms with Crippen LogP contribution < -0.4 is 0 Å². The summed E-state index contributed by atoms with van der Waals surface area (Å²) in [6, 6.07) is 0. The van der Waals surface area contributed by atoms with E-state index < -0.39 is 0 Å². The van der Waals surface area contributed by atoms with E-state index in [9.17, 15) is 0 Å². The highest BCUT2D eigenvalue weighted by atomic mass is 16.6. The molecule has 0 aromatic carbocycles. The van der Waals surface area contributed by atoms with Crippen LogP contribution in [-0.2, 0) is 4.74 Å². The normalized spacial score (nSPS) is 50.2. The second kappa shape index (κ2) is 2.93. The zero-order chi connectivity index (χ0) is 11.6. The minimum Gasteiger partial charge on any atom is -0.363 e. The summed E-state index contributed by atoms with van der Waals surface area (Å²) in [5, 5.41) is 0. The van der Waals surface area contributed by atoms with Crippen LogP contribution in [0.3, 0.4) is 0 Å². The first-order chi connectivity index (χ1) is 7.39. The number of epoxide rings is 1. The van der Waals surface area contributed by atoms with E-state index in [0.717, 1.165) is 5.92 Å². The molecule has 0 aromatic heterocycles. The molecule has 0 N–H and O–H groups in total. The number of rotatable bonds is 0. The van der Waals surface area contributed by atoms with Crippen LogP contribution >= 0.6 is 0 Å². The van der Waals surface area contributed by atoms with Crippen molar-refractivity contribution in [3.05, 3.63) is 12.2 Å². The van der Waals surface area contributed by atoms with Gasteiger partial charge in [0, 0.05) is 0 Å². The van der Waals surface area contributed by atoms with Gasteiger partial charge in [0.05, 0.1) is 11.2 Å². The number of allylic oxidation sites excluding steroid dienone is 1. The first-order valence-corrected chi connectivity index (χ1v) is 6.77. The van der Waals surface area contributed by atoms with E-state index in [2.05, 4.69) is 27.4 Å². The number of hydrogen-bond acceptors (Lipinski definition) is 1. The van der Waals surface area contributed by atoms with Crippen molar-refractivity contribution in [2.24, 2.45) is 11.3 Å². The molecule has 1 aliphatic heterocycles. The Labute approximate surface area is 99.3 Å². The van der Waals surface area contributed by atoms with Gasteiger partial charge in [-0.05, 0) is 63.7 Å². The van der Waals surface area contributed by atoms with Crippen LogP contribution in [0.4, 0.5) is 0 Å². The molecule has 3 fully saturated rings. The molecule has 3 rings (SSSR count). The molecular formula is C15H24O. The predicted molar refractivity (Wildman–Crippen MR) is 66.3 cm³/mol. The summed E-state index contributed by atoms with van der Waals surface area (Å²) >= 11 is 0. The lowest BCUT2D eigenvalue weighted by Gasteiger charge is -2.48. The topological polar surface area (TPSA) is 12.5 Å². The van der Waals surface area contributed by atoms with Crippen molar-refractivity contribution in [2.45, 2.75) is 70.5 Å². The second-order valence-electron chi connectivity index (χ2n) is 7.03. The van der Waals surface area contributed by atoms with Crippen molar-refractivity contribution in [1.29, 1.82) is 0 Å². The molecule has 1 heterocycles. The fourth-order valence-corrected chi connectivity index (χ4v) is 4.27. The van der Waals surface area contributed by atoms with Crippen molar-refractivity contribution in [3.63, 3.8) is 0 Å². The molecule has 3 atom stereocenters. The molecule has 1 spiro atoms. The van der Waals surface area contributed by atoms with Gasteiger partial charge in [-0.2, -0.15) is 0 Å². The van der Waals surface area contributed by atoms with Gasteiger partial charge in [-0.1, -0.05) is 19.1 Å². The van der Waals surface area contributed by atoms with Crippen LogP contribution in [0.5, 0.6) is 0 Å². The number of hydrogen-bond donors (Lipinski definition) is 0. The third-order valence-corrected chi connectivity index (χ3v) is 5.72. The number of ether oxygens (including phenoxy) is 1. The van der Waals surface area contributed by atoms with Crippen molar-refractivity contribution < 1.29 is 4.74 Å². The Morgan fingerprint density at radius 1 is 1.19 bits per heavy atom. The van der Waals surface area contributed by atoms with Gasteiger partial charge in [0.2, 0.25) is 0 Å². The molecule has 1 heteroatoms. The third-order valence-electron chi connectivity index (χ3n) is 5.72. The summed E-state index contributed by atoms with van der Waals surface area (Å²) in [7, 11) is 0. The van der Waals surface area contributed by atoms with Crippen molar-refractivity contribution >= 4 is 0 Å². The van der Waals surface area contributed by atoms with Crippen LogP contribution in [0.2, 0.25) is 0 Å². The summed E-state index contributed by atoms with van der Waals surface area (Å²) in [5.41, 5.74) is 2.37. The zero-order valence-corrected chi connectivity index (χ0v) is 10.9. The highest BCUT2D eigenvalue weighted by Crippen LogP contribution is 2.64. The molecule has 0 aromatic rings. The van der Waals surface area contributed by atoms with E-state index >= 15 is 0 Å². The Bertz CT molecular complexity index is 343. The molecule has 2 aliphatic carbocycles. The fourth-order valence-electron chi connectivity index (χ4n) is 4.27. The average Bonchev–Trinajstić information content (AvgIpc) is 2.72. The van der Waals surface area contributed by atoms with Gasteiger partial charge in [-0.3, -0.25) is 0 Å². The van der Waals surface area contributed by atoms with Gasteiger partial charge < -0.3 is 4.74 Å². The van der Waals surface area contributed by atoms with Gasteiger partial charge >= 0.3 is 0 Å². The first-order valence-electron chi connectivity index (χ1n) is 6.77. The quantitative estimate of drug-likeness (QED) is 0.442. The molecular weight excluding hydrogens is 196 g/mol. The van der Waals surface area contributed by atoms with Gasteiger partial charge in [0.1, 0.15) is 0 Å².